The van der Waals surface area contributed by atoms with Gasteiger partial charge in [0, 0.05) is 13.0 Å². The van der Waals surface area contributed by atoms with E-state index >= 15 is 0 Å². The first-order valence-corrected chi connectivity index (χ1v) is 6.50. The largest absolute Gasteiger partial charge is 0.467 e. The molecule has 1 aromatic carbocycles. The molecule has 1 fully saturated rings. The van der Waals surface area contributed by atoms with Gasteiger partial charge in [0.25, 0.3) is 0 Å². The second kappa shape index (κ2) is 5.18. The predicted octanol–water partition coefficient (Wildman–Crippen LogP) is 3.02. The van der Waals surface area contributed by atoms with Crippen molar-refractivity contribution in [2.75, 3.05) is 16.8 Å². The molecule has 19 heavy (non-hydrogen) atoms. The number of nitrogens with one attached hydrogen (secondary N) is 1. The molecule has 0 radical (unpaired) electrons. The van der Waals surface area contributed by atoms with E-state index in [0.29, 0.717) is 13.0 Å². The quantitative estimate of drug-likeness (QED) is 0.914. The number of furan rings is 1. The molecule has 3 rings (SSSR count). The highest BCUT2D eigenvalue weighted by Crippen LogP contribution is 2.29. The third-order valence-electron chi connectivity index (χ3n) is 3.30. The van der Waals surface area contributed by atoms with Gasteiger partial charge in [-0.15, -0.1) is 0 Å². The second-order valence-electron chi connectivity index (χ2n) is 4.60. The van der Waals surface area contributed by atoms with Gasteiger partial charge in [-0.3, -0.25) is 4.79 Å². The molecule has 0 saturated carbocycles. The van der Waals surface area contributed by atoms with E-state index in [-0.39, 0.29) is 5.91 Å². The van der Waals surface area contributed by atoms with Crippen LogP contribution >= 0.6 is 0 Å². The van der Waals surface area contributed by atoms with Gasteiger partial charge in [-0.05, 0) is 30.7 Å². The molecular formula is C15H16N2O2. The van der Waals surface area contributed by atoms with Crippen molar-refractivity contribution in [3.05, 3.63) is 48.4 Å². The van der Waals surface area contributed by atoms with Crippen molar-refractivity contribution in [2.24, 2.45) is 0 Å². The van der Waals surface area contributed by atoms with Crippen LogP contribution in [0.15, 0.2) is 47.1 Å². The van der Waals surface area contributed by atoms with Crippen LogP contribution in [0.3, 0.4) is 0 Å². The monoisotopic (exact) mass is 256 g/mol. The molecule has 1 saturated heterocycles. The number of anilines is 2. The van der Waals surface area contributed by atoms with Crippen molar-refractivity contribution < 1.29 is 9.21 Å². The fourth-order valence-corrected chi connectivity index (χ4v) is 2.36. The molecule has 4 heteroatoms. The summed E-state index contributed by atoms with van der Waals surface area (Å²) in [5, 5.41) is 3.33. The first kappa shape index (κ1) is 11.8. The number of carbonyl (C=O) groups excluding carboxylic acids is 1. The number of benzene rings is 1. The van der Waals surface area contributed by atoms with Crippen molar-refractivity contribution in [3.8, 4) is 0 Å². The van der Waals surface area contributed by atoms with E-state index in [1.165, 1.54) is 0 Å². The van der Waals surface area contributed by atoms with Crippen LogP contribution in [0.1, 0.15) is 18.6 Å². The van der Waals surface area contributed by atoms with Gasteiger partial charge >= 0.3 is 0 Å². The number of rotatable bonds is 4. The van der Waals surface area contributed by atoms with Crippen LogP contribution in [0.25, 0.3) is 0 Å². The molecule has 0 spiro atoms. The summed E-state index contributed by atoms with van der Waals surface area (Å²) in [5.41, 5.74) is 1.92. The first-order chi connectivity index (χ1) is 9.34. The Morgan fingerprint density at radius 3 is 2.84 bits per heavy atom. The van der Waals surface area contributed by atoms with Crippen molar-refractivity contribution in [1.82, 2.24) is 0 Å². The van der Waals surface area contributed by atoms with Crippen LogP contribution in [-0.4, -0.2) is 12.5 Å². The minimum atomic E-state index is 0.201. The van der Waals surface area contributed by atoms with Gasteiger partial charge in [0.15, 0.2) is 0 Å². The predicted molar refractivity (Wildman–Crippen MR) is 74.1 cm³/mol. The highest BCUT2D eigenvalue weighted by molar-refractivity contribution is 5.98. The SMILES string of the molecule is O=C1CCCN1c1ccccc1NCc1ccco1. The van der Waals surface area contributed by atoms with E-state index in [9.17, 15) is 4.79 Å². The standard InChI is InChI=1S/C15H16N2O2/c18-15-8-3-9-17(15)14-7-2-1-6-13(14)16-11-12-5-4-10-19-12/h1-2,4-7,10,16H,3,8-9,11H2. The number of hydrogen-bond donors (Lipinski definition) is 1. The molecular weight excluding hydrogens is 240 g/mol. The van der Waals surface area contributed by atoms with E-state index in [1.807, 2.05) is 41.3 Å². The summed E-state index contributed by atoms with van der Waals surface area (Å²) in [6.07, 6.45) is 3.24. The summed E-state index contributed by atoms with van der Waals surface area (Å²) in [7, 11) is 0. The van der Waals surface area contributed by atoms with Crippen molar-refractivity contribution >= 4 is 17.3 Å². The lowest BCUT2D eigenvalue weighted by atomic mass is 10.2. The van der Waals surface area contributed by atoms with E-state index in [1.54, 1.807) is 6.26 Å². The third kappa shape index (κ3) is 2.47. The molecule has 0 unspecified atom stereocenters. The highest BCUT2D eigenvalue weighted by Gasteiger charge is 2.23. The van der Waals surface area contributed by atoms with Gasteiger partial charge in [-0.1, -0.05) is 12.1 Å². The van der Waals surface area contributed by atoms with Gasteiger partial charge in [0.1, 0.15) is 5.76 Å². The Morgan fingerprint density at radius 1 is 1.21 bits per heavy atom. The van der Waals surface area contributed by atoms with E-state index in [4.69, 9.17) is 4.42 Å². The Bertz CT molecular complexity index is 563. The van der Waals surface area contributed by atoms with Crippen LogP contribution in [0.4, 0.5) is 11.4 Å². The molecule has 0 aliphatic carbocycles. The van der Waals surface area contributed by atoms with E-state index in [0.717, 1.165) is 30.1 Å². The Morgan fingerprint density at radius 2 is 2.11 bits per heavy atom. The first-order valence-electron chi connectivity index (χ1n) is 6.50. The van der Waals surface area contributed by atoms with Gasteiger partial charge in [-0.2, -0.15) is 0 Å². The summed E-state index contributed by atoms with van der Waals surface area (Å²) in [6.45, 7) is 1.42. The summed E-state index contributed by atoms with van der Waals surface area (Å²) >= 11 is 0. The molecule has 0 atom stereocenters. The molecule has 0 bridgehead atoms. The molecule has 4 nitrogen and oxygen atoms in total. The summed E-state index contributed by atoms with van der Waals surface area (Å²) in [5.74, 6) is 1.08. The summed E-state index contributed by atoms with van der Waals surface area (Å²) < 4.78 is 5.30. The average molecular weight is 256 g/mol. The van der Waals surface area contributed by atoms with Crippen molar-refractivity contribution in [3.63, 3.8) is 0 Å². The molecule has 2 aromatic rings. The lowest BCUT2D eigenvalue weighted by Gasteiger charge is -2.20. The summed E-state index contributed by atoms with van der Waals surface area (Å²) in [6, 6.07) is 11.7. The smallest absolute Gasteiger partial charge is 0.227 e. The number of nitrogens with zero attached hydrogens (tertiary/aromatic N) is 1. The molecule has 1 aliphatic heterocycles. The van der Waals surface area contributed by atoms with Crippen molar-refractivity contribution in [2.45, 2.75) is 19.4 Å². The topological polar surface area (TPSA) is 45.5 Å². The minimum Gasteiger partial charge on any atom is -0.467 e. The number of carbonyl (C=O) groups is 1. The Balaban J connectivity index is 1.79. The van der Waals surface area contributed by atoms with Crippen molar-refractivity contribution in [1.29, 1.82) is 0 Å². The number of para-hydroxylation sites is 2. The van der Waals surface area contributed by atoms with E-state index < -0.39 is 0 Å². The van der Waals surface area contributed by atoms with E-state index in [2.05, 4.69) is 5.32 Å². The Labute approximate surface area is 112 Å². The van der Waals surface area contributed by atoms with Crippen LogP contribution in [0, 0.1) is 0 Å². The maximum atomic E-state index is 11.8. The Hall–Kier alpha value is -2.23. The zero-order valence-corrected chi connectivity index (χ0v) is 10.6. The van der Waals surface area contributed by atoms with Gasteiger partial charge in [0.2, 0.25) is 5.91 Å². The summed E-state index contributed by atoms with van der Waals surface area (Å²) in [4.78, 5) is 13.7. The normalized spacial score (nSPS) is 14.9. The second-order valence-corrected chi connectivity index (χ2v) is 4.60. The number of amides is 1. The minimum absolute atomic E-state index is 0.201. The fraction of sp³-hybridized carbons (Fsp3) is 0.267. The molecule has 2 heterocycles. The zero-order valence-electron chi connectivity index (χ0n) is 10.6. The maximum Gasteiger partial charge on any atom is 0.227 e. The number of hydrogen-bond acceptors (Lipinski definition) is 3. The zero-order chi connectivity index (χ0) is 13.1. The molecule has 1 amide bonds. The Kier molecular flexibility index (Phi) is 3.23. The van der Waals surface area contributed by atoms with Crippen LogP contribution in [0.5, 0.6) is 0 Å². The molecule has 1 aromatic heterocycles. The lowest BCUT2D eigenvalue weighted by molar-refractivity contribution is -0.117. The lowest BCUT2D eigenvalue weighted by Crippen LogP contribution is -2.24. The molecule has 98 valence electrons. The van der Waals surface area contributed by atoms with Gasteiger partial charge < -0.3 is 14.6 Å². The van der Waals surface area contributed by atoms with Crippen LogP contribution in [-0.2, 0) is 11.3 Å². The van der Waals surface area contributed by atoms with Crippen LogP contribution in [0.2, 0.25) is 0 Å². The van der Waals surface area contributed by atoms with Crippen LogP contribution < -0.4 is 10.2 Å². The fourth-order valence-electron chi connectivity index (χ4n) is 2.36. The maximum absolute atomic E-state index is 11.8. The molecule has 1 aliphatic rings. The van der Waals surface area contributed by atoms with Gasteiger partial charge in [-0.25, -0.2) is 0 Å². The highest BCUT2D eigenvalue weighted by atomic mass is 16.3. The molecule has 1 N–H and O–H groups in total. The van der Waals surface area contributed by atoms with Gasteiger partial charge in [0.05, 0.1) is 24.2 Å². The third-order valence-corrected chi connectivity index (χ3v) is 3.30. The average Bonchev–Trinajstić information content (AvgIpc) is 3.08.